The molecule has 1 amide bonds. The Morgan fingerprint density at radius 3 is 2.44 bits per heavy atom. The molecular weight excluding hydrogens is 338 g/mol. The van der Waals surface area contributed by atoms with Crippen molar-refractivity contribution in [2.24, 2.45) is 0 Å². The van der Waals surface area contributed by atoms with Crippen LogP contribution in [0.4, 0.5) is 11.4 Å². The fraction of sp³-hybridized carbons (Fsp3) is 0.182. The van der Waals surface area contributed by atoms with Crippen LogP contribution in [0.25, 0.3) is 0 Å². The predicted octanol–water partition coefficient (Wildman–Crippen LogP) is 4.54. The Morgan fingerprint density at radius 2 is 1.74 bits per heavy atom. The zero-order chi connectivity index (χ0) is 19.1. The fourth-order valence-electron chi connectivity index (χ4n) is 2.51. The van der Waals surface area contributed by atoms with Crippen molar-refractivity contribution >= 4 is 17.3 Å². The maximum absolute atomic E-state index is 12.1. The molecule has 3 aromatic rings. The second-order valence-corrected chi connectivity index (χ2v) is 6.48. The molecule has 0 aliphatic rings. The molecule has 3 rings (SSSR count). The van der Waals surface area contributed by atoms with Crippen LogP contribution in [0.3, 0.4) is 0 Å². The number of nitrogens with one attached hydrogen (secondary N) is 2. The van der Waals surface area contributed by atoms with E-state index in [1.54, 1.807) is 12.3 Å². The normalized spacial score (nSPS) is 10.5. The maximum atomic E-state index is 12.1. The highest BCUT2D eigenvalue weighted by molar-refractivity contribution is 5.93. The van der Waals surface area contributed by atoms with Crippen LogP contribution in [0.15, 0.2) is 72.9 Å². The van der Waals surface area contributed by atoms with Gasteiger partial charge in [0.15, 0.2) is 0 Å². The Labute approximate surface area is 159 Å². The van der Waals surface area contributed by atoms with Gasteiger partial charge in [-0.05, 0) is 55.8 Å². The highest BCUT2D eigenvalue weighted by Gasteiger charge is 2.09. The predicted molar refractivity (Wildman–Crippen MR) is 107 cm³/mol. The Morgan fingerprint density at radius 1 is 1.00 bits per heavy atom. The largest absolute Gasteiger partial charge is 0.489 e. The molecule has 138 valence electrons. The number of hydrogen-bond donors (Lipinski definition) is 2. The van der Waals surface area contributed by atoms with Crippen molar-refractivity contribution in [1.82, 2.24) is 10.3 Å². The van der Waals surface area contributed by atoms with Crippen LogP contribution in [0.2, 0.25) is 0 Å². The van der Waals surface area contributed by atoms with Crippen molar-refractivity contribution in [3.8, 4) is 5.75 Å². The van der Waals surface area contributed by atoms with E-state index in [1.165, 1.54) is 0 Å². The zero-order valence-corrected chi connectivity index (χ0v) is 15.5. The number of aromatic nitrogens is 1. The minimum absolute atomic E-state index is 0.0688. The first-order valence-corrected chi connectivity index (χ1v) is 8.91. The highest BCUT2D eigenvalue weighted by Crippen LogP contribution is 2.21. The summed E-state index contributed by atoms with van der Waals surface area (Å²) in [5.74, 6) is 0.620. The number of pyridine rings is 1. The summed E-state index contributed by atoms with van der Waals surface area (Å²) >= 11 is 0. The minimum Gasteiger partial charge on any atom is -0.489 e. The van der Waals surface area contributed by atoms with Gasteiger partial charge < -0.3 is 15.4 Å². The smallest absolute Gasteiger partial charge is 0.270 e. The second-order valence-electron chi connectivity index (χ2n) is 6.48. The Kier molecular flexibility index (Phi) is 6.05. The summed E-state index contributed by atoms with van der Waals surface area (Å²) in [6.45, 7) is 4.37. The zero-order valence-electron chi connectivity index (χ0n) is 15.5. The van der Waals surface area contributed by atoms with Crippen molar-refractivity contribution < 1.29 is 9.53 Å². The van der Waals surface area contributed by atoms with Crippen molar-refractivity contribution in [2.45, 2.75) is 26.5 Å². The monoisotopic (exact) mass is 361 g/mol. The van der Waals surface area contributed by atoms with E-state index in [0.29, 0.717) is 12.3 Å². The van der Waals surface area contributed by atoms with Crippen LogP contribution in [-0.4, -0.2) is 16.9 Å². The van der Waals surface area contributed by atoms with E-state index in [1.807, 2.05) is 74.5 Å². The number of carbonyl (C=O) groups is 1. The molecule has 2 aromatic carbocycles. The number of benzene rings is 2. The summed E-state index contributed by atoms with van der Waals surface area (Å²) in [6, 6.07) is 21.4. The molecule has 5 nitrogen and oxygen atoms in total. The molecule has 0 unspecified atom stereocenters. The lowest BCUT2D eigenvalue weighted by molar-refractivity contribution is 0.0938. The highest BCUT2D eigenvalue weighted by atomic mass is 16.5. The molecule has 1 heterocycles. The van der Waals surface area contributed by atoms with Crippen molar-refractivity contribution in [3.63, 3.8) is 0 Å². The van der Waals surface area contributed by atoms with Gasteiger partial charge in [0, 0.05) is 23.6 Å². The standard InChI is InChI=1S/C22H23N3O2/c1-16(2)24-22(26)21-14-19(12-13-23-21)25-18-8-10-20(11-9-18)27-15-17-6-4-3-5-7-17/h3-14,16H,15H2,1-2H3,(H,23,25)(H,24,26). The van der Waals surface area contributed by atoms with Gasteiger partial charge in [0.2, 0.25) is 0 Å². The van der Waals surface area contributed by atoms with Gasteiger partial charge in [0.05, 0.1) is 0 Å². The number of nitrogens with zero attached hydrogens (tertiary/aromatic N) is 1. The molecule has 2 N–H and O–H groups in total. The number of anilines is 2. The Hall–Kier alpha value is -3.34. The van der Waals surface area contributed by atoms with Gasteiger partial charge in [-0.15, -0.1) is 0 Å². The summed E-state index contributed by atoms with van der Waals surface area (Å²) in [5.41, 5.74) is 3.22. The van der Waals surface area contributed by atoms with Crippen molar-refractivity contribution in [3.05, 3.63) is 84.2 Å². The lowest BCUT2D eigenvalue weighted by Gasteiger charge is -2.11. The van der Waals surface area contributed by atoms with E-state index in [-0.39, 0.29) is 11.9 Å². The van der Waals surface area contributed by atoms with Crippen LogP contribution >= 0.6 is 0 Å². The third kappa shape index (κ3) is 5.57. The minimum atomic E-state index is -0.182. The van der Waals surface area contributed by atoms with E-state index in [0.717, 1.165) is 22.7 Å². The molecule has 0 saturated heterocycles. The maximum Gasteiger partial charge on any atom is 0.270 e. The van der Waals surface area contributed by atoms with Gasteiger partial charge in [-0.25, -0.2) is 0 Å². The summed E-state index contributed by atoms with van der Waals surface area (Å²) in [5, 5.41) is 6.12. The van der Waals surface area contributed by atoms with Gasteiger partial charge in [0.1, 0.15) is 18.1 Å². The van der Waals surface area contributed by atoms with Crippen LogP contribution < -0.4 is 15.4 Å². The summed E-state index contributed by atoms with van der Waals surface area (Å²) in [6.07, 6.45) is 1.62. The van der Waals surface area contributed by atoms with Crippen LogP contribution in [-0.2, 0) is 6.61 Å². The number of amides is 1. The van der Waals surface area contributed by atoms with E-state index < -0.39 is 0 Å². The Bertz CT molecular complexity index is 878. The molecule has 0 atom stereocenters. The lowest BCUT2D eigenvalue weighted by atomic mass is 10.2. The molecule has 1 aromatic heterocycles. The van der Waals surface area contributed by atoms with Crippen molar-refractivity contribution in [1.29, 1.82) is 0 Å². The van der Waals surface area contributed by atoms with Crippen molar-refractivity contribution in [2.75, 3.05) is 5.32 Å². The van der Waals surface area contributed by atoms with Crippen LogP contribution in [0, 0.1) is 0 Å². The van der Waals surface area contributed by atoms with Gasteiger partial charge in [-0.2, -0.15) is 0 Å². The van der Waals surface area contributed by atoms with Gasteiger partial charge in [-0.1, -0.05) is 30.3 Å². The molecule has 0 saturated carbocycles. The first kappa shape index (κ1) is 18.5. The molecule has 0 fully saturated rings. The quantitative estimate of drug-likeness (QED) is 0.648. The first-order valence-electron chi connectivity index (χ1n) is 8.91. The van der Waals surface area contributed by atoms with E-state index in [4.69, 9.17) is 4.74 Å². The molecular formula is C22H23N3O2. The summed E-state index contributed by atoms with van der Waals surface area (Å²) < 4.78 is 5.79. The second kappa shape index (κ2) is 8.85. The van der Waals surface area contributed by atoms with Gasteiger partial charge >= 0.3 is 0 Å². The number of carbonyl (C=O) groups excluding carboxylic acids is 1. The third-order valence-corrected chi connectivity index (χ3v) is 3.80. The third-order valence-electron chi connectivity index (χ3n) is 3.80. The molecule has 0 aliphatic heterocycles. The molecule has 0 bridgehead atoms. The van der Waals surface area contributed by atoms with E-state index in [9.17, 15) is 4.79 Å². The topological polar surface area (TPSA) is 63.2 Å². The Balaban J connectivity index is 1.60. The molecule has 0 radical (unpaired) electrons. The lowest BCUT2D eigenvalue weighted by Crippen LogP contribution is -2.30. The van der Waals surface area contributed by atoms with Gasteiger partial charge in [0.25, 0.3) is 5.91 Å². The van der Waals surface area contributed by atoms with Crippen LogP contribution in [0.5, 0.6) is 5.75 Å². The average molecular weight is 361 g/mol. The number of rotatable bonds is 7. The van der Waals surface area contributed by atoms with Gasteiger partial charge in [-0.3, -0.25) is 9.78 Å². The van der Waals surface area contributed by atoms with E-state index in [2.05, 4.69) is 15.6 Å². The molecule has 0 aliphatic carbocycles. The number of ether oxygens (including phenoxy) is 1. The summed E-state index contributed by atoms with van der Waals surface area (Å²) in [7, 11) is 0. The average Bonchev–Trinajstić information content (AvgIpc) is 2.68. The number of hydrogen-bond acceptors (Lipinski definition) is 4. The summed E-state index contributed by atoms with van der Waals surface area (Å²) in [4.78, 5) is 16.2. The van der Waals surface area contributed by atoms with E-state index >= 15 is 0 Å². The fourth-order valence-corrected chi connectivity index (χ4v) is 2.51. The molecule has 0 spiro atoms. The SMILES string of the molecule is CC(C)NC(=O)c1cc(Nc2ccc(OCc3ccccc3)cc2)ccn1. The molecule has 27 heavy (non-hydrogen) atoms. The van der Waals surface area contributed by atoms with Crippen LogP contribution in [0.1, 0.15) is 29.9 Å². The first-order chi connectivity index (χ1) is 13.1. The molecule has 5 heteroatoms.